The minimum absolute atomic E-state index is 0.129. The van der Waals surface area contributed by atoms with Gasteiger partial charge in [-0.2, -0.15) is 0 Å². The molecule has 0 spiro atoms. The highest BCUT2D eigenvalue weighted by Gasteiger charge is 2.39. The van der Waals surface area contributed by atoms with Crippen molar-refractivity contribution in [1.29, 1.82) is 0 Å². The number of fused-ring (bicyclic) bond motifs is 12. The lowest BCUT2D eigenvalue weighted by Gasteiger charge is -2.24. The normalized spacial score (nSPS) is 13.6. The highest BCUT2D eigenvalue weighted by atomic mass is 32.1. The Kier molecular flexibility index (Phi) is 5.70. The second-order valence-electron chi connectivity index (χ2n) is 14.4. The van der Waals surface area contributed by atoms with E-state index >= 15 is 0 Å². The Morgan fingerprint density at radius 2 is 0.920 bits per heavy atom. The third kappa shape index (κ3) is 3.65. The molecule has 50 heavy (non-hydrogen) atoms. The monoisotopic (exact) mass is 652 g/mol. The fourth-order valence-electron chi connectivity index (χ4n) is 9.31. The van der Waals surface area contributed by atoms with Gasteiger partial charge in [-0.25, -0.2) is 0 Å². The van der Waals surface area contributed by atoms with Gasteiger partial charge in [0.15, 0.2) is 0 Å². The maximum absolute atomic E-state index is 2.55. The number of rotatable bonds is 2. The molecule has 1 aliphatic carbocycles. The van der Waals surface area contributed by atoms with Gasteiger partial charge < -0.3 is 0 Å². The standard InChI is InChI=1S/C49H32S/c1-49(2)41-25-12-11-19-33(41)39-28-40(48-46(47(39)49)45-32-18-6-4-15-30(32)26-27-42(45)50-48)44-37-22-9-7-20-35(37)43(36-21-8-10-23-38(36)44)34-24-13-16-29-14-3-5-17-31(29)34/h3-28H,1-2H3. The first-order chi connectivity index (χ1) is 24.6. The summed E-state index contributed by atoms with van der Waals surface area (Å²) in [6.07, 6.45) is 0. The summed E-state index contributed by atoms with van der Waals surface area (Å²) in [5.74, 6) is 0. The lowest BCUT2D eigenvalue weighted by atomic mass is 9.79. The molecule has 10 aromatic rings. The third-order valence-electron chi connectivity index (χ3n) is 11.4. The summed E-state index contributed by atoms with van der Waals surface area (Å²) >= 11 is 1.96. The van der Waals surface area contributed by atoms with E-state index in [1.54, 1.807) is 0 Å². The van der Waals surface area contributed by atoms with Crippen molar-refractivity contribution in [3.8, 4) is 33.4 Å². The molecule has 0 N–H and O–H groups in total. The molecule has 1 aliphatic rings. The molecular formula is C49H32S. The van der Waals surface area contributed by atoms with E-state index in [0.717, 1.165) is 0 Å². The predicted molar refractivity (Wildman–Crippen MR) is 218 cm³/mol. The molecule has 1 aromatic heterocycles. The summed E-state index contributed by atoms with van der Waals surface area (Å²) < 4.78 is 2.73. The number of hydrogen-bond acceptors (Lipinski definition) is 1. The van der Waals surface area contributed by atoms with Crippen LogP contribution in [0.1, 0.15) is 25.0 Å². The molecule has 0 atom stereocenters. The number of hydrogen-bond donors (Lipinski definition) is 0. The maximum Gasteiger partial charge on any atom is 0.0438 e. The van der Waals surface area contributed by atoms with Crippen molar-refractivity contribution >= 4 is 74.6 Å². The summed E-state index contributed by atoms with van der Waals surface area (Å²) in [5.41, 5.74) is 10.7. The molecule has 11 rings (SSSR count). The quantitative estimate of drug-likeness (QED) is 0.163. The lowest BCUT2D eigenvalue weighted by Crippen LogP contribution is -2.15. The molecule has 9 aromatic carbocycles. The van der Waals surface area contributed by atoms with Gasteiger partial charge in [0, 0.05) is 31.2 Å². The van der Waals surface area contributed by atoms with Gasteiger partial charge in [0.1, 0.15) is 0 Å². The average molecular weight is 653 g/mol. The van der Waals surface area contributed by atoms with E-state index in [-0.39, 0.29) is 5.41 Å². The maximum atomic E-state index is 2.55. The minimum atomic E-state index is -0.129. The summed E-state index contributed by atoms with van der Waals surface area (Å²) in [4.78, 5) is 0. The largest absolute Gasteiger partial charge is 0.134 e. The molecule has 0 radical (unpaired) electrons. The van der Waals surface area contributed by atoms with Gasteiger partial charge in [-0.05, 0) is 94.2 Å². The van der Waals surface area contributed by atoms with Crippen molar-refractivity contribution in [3.63, 3.8) is 0 Å². The van der Waals surface area contributed by atoms with E-state index in [9.17, 15) is 0 Å². The Labute approximate surface area is 294 Å². The fraction of sp³-hybridized carbons (Fsp3) is 0.0612. The first-order valence-corrected chi connectivity index (χ1v) is 18.3. The molecule has 0 aliphatic heterocycles. The van der Waals surface area contributed by atoms with Crippen molar-refractivity contribution < 1.29 is 0 Å². The molecule has 0 bridgehead atoms. The van der Waals surface area contributed by atoms with E-state index < -0.39 is 0 Å². The summed E-state index contributed by atoms with van der Waals surface area (Å²) in [6.45, 7) is 4.85. The summed E-state index contributed by atoms with van der Waals surface area (Å²) in [5, 5.41) is 13.2. The van der Waals surface area contributed by atoms with Gasteiger partial charge in [0.05, 0.1) is 0 Å². The molecular weight excluding hydrogens is 621 g/mol. The third-order valence-corrected chi connectivity index (χ3v) is 12.6. The van der Waals surface area contributed by atoms with E-state index in [2.05, 4.69) is 172 Å². The first kappa shape index (κ1) is 28.1. The van der Waals surface area contributed by atoms with Crippen molar-refractivity contribution in [2.75, 3.05) is 0 Å². The lowest BCUT2D eigenvalue weighted by molar-refractivity contribution is 0.667. The van der Waals surface area contributed by atoms with Crippen LogP contribution in [0.2, 0.25) is 0 Å². The van der Waals surface area contributed by atoms with Crippen LogP contribution in [0.15, 0.2) is 158 Å². The zero-order valence-corrected chi connectivity index (χ0v) is 28.7. The Hall–Kier alpha value is -5.76. The molecule has 0 unspecified atom stereocenters. The Morgan fingerprint density at radius 1 is 0.400 bits per heavy atom. The van der Waals surface area contributed by atoms with E-state index in [0.29, 0.717) is 0 Å². The SMILES string of the molecule is CC1(C)c2ccccc2-c2cc(-c3c4ccccc4c(-c4cccc5ccccc45)c4ccccc34)c3sc4ccc5ccccc5c4c3c21. The average Bonchev–Trinajstić information content (AvgIpc) is 3.66. The van der Waals surface area contributed by atoms with Gasteiger partial charge in [-0.15, -0.1) is 11.3 Å². The van der Waals surface area contributed by atoms with Gasteiger partial charge in [0.2, 0.25) is 0 Å². The van der Waals surface area contributed by atoms with Gasteiger partial charge in [-0.3, -0.25) is 0 Å². The summed E-state index contributed by atoms with van der Waals surface area (Å²) in [6, 6.07) is 59.0. The minimum Gasteiger partial charge on any atom is -0.134 e. The van der Waals surface area contributed by atoms with Crippen LogP contribution in [0.4, 0.5) is 0 Å². The van der Waals surface area contributed by atoms with Gasteiger partial charge >= 0.3 is 0 Å². The molecule has 0 saturated carbocycles. The highest BCUT2D eigenvalue weighted by Crippen LogP contribution is 2.58. The molecule has 0 fully saturated rings. The van der Waals surface area contributed by atoms with E-state index in [1.165, 1.54) is 108 Å². The van der Waals surface area contributed by atoms with Crippen molar-refractivity contribution in [2.45, 2.75) is 19.3 Å². The molecule has 0 amide bonds. The molecule has 0 saturated heterocycles. The Morgan fingerprint density at radius 3 is 1.62 bits per heavy atom. The molecule has 0 nitrogen and oxygen atoms in total. The second-order valence-corrected chi connectivity index (χ2v) is 15.4. The zero-order chi connectivity index (χ0) is 33.1. The predicted octanol–water partition coefficient (Wildman–Crippen LogP) is 14.3. The molecule has 1 heterocycles. The number of benzene rings is 9. The second kappa shape index (κ2) is 10.1. The zero-order valence-electron chi connectivity index (χ0n) is 27.9. The topological polar surface area (TPSA) is 0 Å². The van der Waals surface area contributed by atoms with Crippen molar-refractivity contribution in [3.05, 3.63) is 169 Å². The highest BCUT2D eigenvalue weighted by molar-refractivity contribution is 7.26. The molecule has 234 valence electrons. The van der Waals surface area contributed by atoms with Crippen LogP contribution in [0.3, 0.4) is 0 Å². The smallest absolute Gasteiger partial charge is 0.0438 e. The fourth-order valence-corrected chi connectivity index (χ4v) is 10.6. The van der Waals surface area contributed by atoms with Crippen LogP contribution in [0.25, 0.3) is 96.6 Å². The first-order valence-electron chi connectivity index (χ1n) is 17.5. The number of thiophene rings is 1. The van der Waals surface area contributed by atoms with E-state index in [4.69, 9.17) is 0 Å². The van der Waals surface area contributed by atoms with Gasteiger partial charge in [-0.1, -0.05) is 159 Å². The Balaban J connectivity index is 1.36. The van der Waals surface area contributed by atoms with Crippen LogP contribution in [0.5, 0.6) is 0 Å². The van der Waals surface area contributed by atoms with Crippen LogP contribution < -0.4 is 0 Å². The van der Waals surface area contributed by atoms with E-state index in [1.807, 2.05) is 11.3 Å². The van der Waals surface area contributed by atoms with Crippen LogP contribution in [0, 0.1) is 0 Å². The van der Waals surface area contributed by atoms with Crippen molar-refractivity contribution in [1.82, 2.24) is 0 Å². The summed E-state index contributed by atoms with van der Waals surface area (Å²) in [7, 11) is 0. The Bertz CT molecular complexity index is 3000. The van der Waals surface area contributed by atoms with Crippen LogP contribution in [-0.2, 0) is 5.41 Å². The van der Waals surface area contributed by atoms with Crippen LogP contribution >= 0.6 is 11.3 Å². The van der Waals surface area contributed by atoms with Crippen molar-refractivity contribution in [2.24, 2.45) is 0 Å². The molecule has 1 heteroatoms. The van der Waals surface area contributed by atoms with Gasteiger partial charge in [0.25, 0.3) is 0 Å². The van der Waals surface area contributed by atoms with Crippen LogP contribution in [-0.4, -0.2) is 0 Å².